The highest BCUT2D eigenvalue weighted by Gasteiger charge is 2.38. The summed E-state index contributed by atoms with van der Waals surface area (Å²) in [5.74, 6) is 1.98. The van der Waals surface area contributed by atoms with Gasteiger partial charge >= 0.3 is 0 Å². The fourth-order valence-electron chi connectivity index (χ4n) is 2.21. The summed E-state index contributed by atoms with van der Waals surface area (Å²) >= 11 is 0. The van der Waals surface area contributed by atoms with Crippen molar-refractivity contribution in [3.63, 3.8) is 0 Å². The molecular formula is C14H16N4. The van der Waals surface area contributed by atoms with Crippen LogP contribution in [0.4, 0.5) is 11.6 Å². The highest BCUT2D eigenvalue weighted by molar-refractivity contribution is 5.55. The van der Waals surface area contributed by atoms with Gasteiger partial charge in [-0.05, 0) is 18.9 Å². The molecule has 3 rings (SSSR count). The average molecular weight is 240 g/mol. The van der Waals surface area contributed by atoms with Crippen molar-refractivity contribution in [2.24, 2.45) is 0 Å². The molecule has 0 radical (unpaired) electrons. The fraction of sp³-hybridized carbons (Fsp3) is 0.286. The molecule has 0 amide bonds. The number of benzene rings is 1. The standard InChI is InChI=1S/C14H16N4/c1-9-13(15)16-8-17-14(9)18-12-7-11(12)10-5-3-2-4-6-10/h2-6,8,11-12H,7H2,1H3,(H3,15,16,17,18). The van der Waals surface area contributed by atoms with Gasteiger partial charge in [-0.15, -0.1) is 0 Å². The number of hydrogen-bond acceptors (Lipinski definition) is 4. The monoisotopic (exact) mass is 240 g/mol. The van der Waals surface area contributed by atoms with Crippen molar-refractivity contribution in [2.75, 3.05) is 11.1 Å². The highest BCUT2D eigenvalue weighted by Crippen LogP contribution is 2.42. The van der Waals surface area contributed by atoms with Crippen LogP contribution in [0, 0.1) is 6.92 Å². The van der Waals surface area contributed by atoms with Gasteiger partial charge in [0.1, 0.15) is 18.0 Å². The Balaban J connectivity index is 1.71. The Morgan fingerprint density at radius 3 is 2.78 bits per heavy atom. The van der Waals surface area contributed by atoms with E-state index < -0.39 is 0 Å². The number of hydrogen-bond donors (Lipinski definition) is 2. The maximum Gasteiger partial charge on any atom is 0.134 e. The van der Waals surface area contributed by atoms with E-state index in [0.29, 0.717) is 17.8 Å². The van der Waals surface area contributed by atoms with Crippen molar-refractivity contribution in [1.29, 1.82) is 0 Å². The maximum atomic E-state index is 5.77. The maximum absolute atomic E-state index is 5.77. The molecule has 0 saturated heterocycles. The molecule has 1 aliphatic rings. The second-order valence-corrected chi connectivity index (χ2v) is 4.74. The minimum Gasteiger partial charge on any atom is -0.383 e. The van der Waals surface area contributed by atoms with E-state index in [1.807, 2.05) is 13.0 Å². The van der Waals surface area contributed by atoms with Gasteiger partial charge in [0.25, 0.3) is 0 Å². The number of nitrogens with two attached hydrogens (primary N) is 1. The first-order valence-electron chi connectivity index (χ1n) is 6.14. The highest BCUT2D eigenvalue weighted by atomic mass is 15.1. The van der Waals surface area contributed by atoms with Crippen molar-refractivity contribution < 1.29 is 0 Å². The van der Waals surface area contributed by atoms with Crippen molar-refractivity contribution in [2.45, 2.75) is 25.3 Å². The number of nitrogen functional groups attached to an aromatic ring is 1. The lowest BCUT2D eigenvalue weighted by atomic mass is 10.1. The summed E-state index contributed by atoms with van der Waals surface area (Å²) in [6.45, 7) is 1.94. The zero-order valence-corrected chi connectivity index (χ0v) is 10.3. The Morgan fingerprint density at radius 2 is 2.00 bits per heavy atom. The molecule has 1 aliphatic carbocycles. The second-order valence-electron chi connectivity index (χ2n) is 4.74. The second kappa shape index (κ2) is 4.29. The summed E-state index contributed by atoms with van der Waals surface area (Å²) in [6, 6.07) is 11.0. The van der Waals surface area contributed by atoms with Crippen LogP contribution in [-0.4, -0.2) is 16.0 Å². The largest absolute Gasteiger partial charge is 0.383 e. The van der Waals surface area contributed by atoms with Crippen LogP contribution in [0.25, 0.3) is 0 Å². The van der Waals surface area contributed by atoms with Crippen LogP contribution >= 0.6 is 0 Å². The van der Waals surface area contributed by atoms with E-state index >= 15 is 0 Å². The van der Waals surface area contributed by atoms with E-state index in [2.05, 4.69) is 39.6 Å². The molecule has 1 aromatic carbocycles. The quantitative estimate of drug-likeness (QED) is 0.864. The minimum atomic E-state index is 0.459. The fourth-order valence-corrected chi connectivity index (χ4v) is 2.21. The van der Waals surface area contributed by atoms with E-state index in [9.17, 15) is 0 Å². The number of rotatable bonds is 3. The predicted octanol–water partition coefficient (Wildman–Crippen LogP) is 2.34. The molecule has 1 heterocycles. The van der Waals surface area contributed by atoms with Gasteiger partial charge in [0, 0.05) is 17.5 Å². The topological polar surface area (TPSA) is 63.8 Å². The first-order chi connectivity index (χ1) is 8.75. The molecular weight excluding hydrogens is 224 g/mol. The summed E-state index contributed by atoms with van der Waals surface area (Å²) < 4.78 is 0. The summed E-state index contributed by atoms with van der Waals surface area (Å²) in [6.07, 6.45) is 2.65. The molecule has 4 heteroatoms. The molecule has 2 unspecified atom stereocenters. The van der Waals surface area contributed by atoms with Crippen molar-refractivity contribution in [3.05, 3.63) is 47.8 Å². The smallest absolute Gasteiger partial charge is 0.134 e. The van der Waals surface area contributed by atoms with E-state index in [0.717, 1.165) is 17.8 Å². The number of nitrogens with zero attached hydrogens (tertiary/aromatic N) is 2. The molecule has 1 fully saturated rings. The third-order valence-electron chi connectivity index (χ3n) is 3.46. The Hall–Kier alpha value is -2.10. The third kappa shape index (κ3) is 2.01. The molecule has 1 aromatic heterocycles. The van der Waals surface area contributed by atoms with Crippen LogP contribution in [0.2, 0.25) is 0 Å². The molecule has 4 nitrogen and oxygen atoms in total. The van der Waals surface area contributed by atoms with E-state index in [1.54, 1.807) is 0 Å². The van der Waals surface area contributed by atoms with Crippen LogP contribution in [0.15, 0.2) is 36.7 Å². The Bertz CT molecular complexity index is 553. The minimum absolute atomic E-state index is 0.459. The molecule has 2 atom stereocenters. The predicted molar refractivity (Wildman–Crippen MR) is 72.4 cm³/mol. The summed E-state index contributed by atoms with van der Waals surface area (Å²) in [5.41, 5.74) is 8.08. The number of nitrogens with one attached hydrogen (secondary N) is 1. The van der Waals surface area contributed by atoms with Gasteiger partial charge in [0.2, 0.25) is 0 Å². The lowest BCUT2D eigenvalue weighted by Crippen LogP contribution is -2.09. The van der Waals surface area contributed by atoms with Gasteiger partial charge in [-0.1, -0.05) is 30.3 Å². The van der Waals surface area contributed by atoms with Crippen LogP contribution < -0.4 is 11.1 Å². The lowest BCUT2D eigenvalue weighted by Gasteiger charge is -2.09. The van der Waals surface area contributed by atoms with Crippen LogP contribution in [0.1, 0.15) is 23.5 Å². The normalized spacial score (nSPS) is 21.6. The molecule has 92 valence electrons. The van der Waals surface area contributed by atoms with Gasteiger partial charge in [-0.3, -0.25) is 0 Å². The van der Waals surface area contributed by atoms with E-state index in [1.165, 1.54) is 11.9 Å². The van der Waals surface area contributed by atoms with Crippen LogP contribution in [0.5, 0.6) is 0 Å². The third-order valence-corrected chi connectivity index (χ3v) is 3.46. The zero-order chi connectivity index (χ0) is 12.5. The summed E-state index contributed by atoms with van der Waals surface area (Å²) in [4.78, 5) is 8.22. The van der Waals surface area contributed by atoms with Gasteiger partial charge in [-0.25, -0.2) is 9.97 Å². The number of aromatic nitrogens is 2. The molecule has 0 bridgehead atoms. The lowest BCUT2D eigenvalue weighted by molar-refractivity contribution is 1.01. The summed E-state index contributed by atoms with van der Waals surface area (Å²) in [7, 11) is 0. The molecule has 0 aliphatic heterocycles. The average Bonchev–Trinajstić information content (AvgIpc) is 3.15. The van der Waals surface area contributed by atoms with Gasteiger partial charge in [0.15, 0.2) is 0 Å². The van der Waals surface area contributed by atoms with Gasteiger partial charge < -0.3 is 11.1 Å². The zero-order valence-electron chi connectivity index (χ0n) is 10.3. The molecule has 3 N–H and O–H groups in total. The van der Waals surface area contributed by atoms with Crippen LogP contribution in [-0.2, 0) is 0 Å². The first-order valence-corrected chi connectivity index (χ1v) is 6.14. The first kappa shape index (κ1) is 11.0. The van der Waals surface area contributed by atoms with Crippen molar-refractivity contribution in [3.8, 4) is 0 Å². The van der Waals surface area contributed by atoms with Gasteiger partial charge in [0.05, 0.1) is 0 Å². The molecule has 1 saturated carbocycles. The van der Waals surface area contributed by atoms with E-state index in [-0.39, 0.29) is 0 Å². The summed E-state index contributed by atoms with van der Waals surface area (Å²) in [5, 5.41) is 3.44. The Labute approximate surface area is 106 Å². The van der Waals surface area contributed by atoms with Gasteiger partial charge in [-0.2, -0.15) is 0 Å². The van der Waals surface area contributed by atoms with E-state index in [4.69, 9.17) is 5.73 Å². The molecule has 18 heavy (non-hydrogen) atoms. The molecule has 2 aromatic rings. The SMILES string of the molecule is Cc1c(N)ncnc1NC1CC1c1ccccc1. The van der Waals surface area contributed by atoms with Crippen molar-refractivity contribution >= 4 is 11.6 Å². The van der Waals surface area contributed by atoms with Crippen LogP contribution in [0.3, 0.4) is 0 Å². The Kier molecular flexibility index (Phi) is 2.63. The molecule has 0 spiro atoms. The number of anilines is 2. The Morgan fingerprint density at radius 1 is 1.22 bits per heavy atom. The van der Waals surface area contributed by atoms with Crippen molar-refractivity contribution in [1.82, 2.24) is 9.97 Å².